The molecule has 1 unspecified atom stereocenters. The molecule has 6 nitrogen and oxygen atoms in total. The van der Waals surface area contributed by atoms with E-state index in [4.69, 9.17) is 9.47 Å². The van der Waals surface area contributed by atoms with Crippen LogP contribution in [0, 0.1) is 5.41 Å². The summed E-state index contributed by atoms with van der Waals surface area (Å²) in [5.74, 6) is -0.745. The lowest BCUT2D eigenvalue weighted by atomic mass is 9.68. The average molecular weight is 462 g/mol. The number of nitrogens with one attached hydrogen (secondary N) is 1. The molecule has 0 spiro atoms. The molecular weight excluding hydrogens is 430 g/mol. The van der Waals surface area contributed by atoms with Crippen molar-refractivity contribution < 1.29 is 24.2 Å². The van der Waals surface area contributed by atoms with Gasteiger partial charge in [0.2, 0.25) is 0 Å². The zero-order valence-electron chi connectivity index (χ0n) is 20.1. The van der Waals surface area contributed by atoms with Crippen molar-refractivity contribution in [3.8, 4) is 11.5 Å². The first-order valence-electron chi connectivity index (χ1n) is 11.6. The smallest absolute Gasteiger partial charge is 0.337 e. The molecule has 2 aliphatic rings. The summed E-state index contributed by atoms with van der Waals surface area (Å²) in [6.07, 6.45) is 1.09. The predicted octanol–water partition coefficient (Wildman–Crippen LogP) is 5.14. The minimum absolute atomic E-state index is 0.00986. The van der Waals surface area contributed by atoms with Crippen molar-refractivity contribution in [3.63, 3.8) is 0 Å². The van der Waals surface area contributed by atoms with E-state index in [0.29, 0.717) is 47.6 Å². The molecule has 0 amide bonds. The standard InChI is InChI=1S/C28H31NO5/c1-5-33-23-13-19(11-12-21(23)30)25-24(27(32)34-16-18-9-7-6-8-10-18)17(2)29-20-14-28(3,4)15-22(31)26(20)25/h6-13,25,29-30H,5,14-16H2,1-4H3. The fourth-order valence-corrected chi connectivity index (χ4v) is 4.82. The van der Waals surface area contributed by atoms with E-state index in [2.05, 4.69) is 19.2 Å². The molecule has 1 aliphatic carbocycles. The number of dihydropyridines is 1. The summed E-state index contributed by atoms with van der Waals surface area (Å²) in [7, 11) is 0. The maximum atomic E-state index is 13.4. The number of benzene rings is 2. The number of phenolic OH excluding ortho intramolecular Hbond substituents is 1. The molecule has 0 bridgehead atoms. The number of carbonyl (C=O) groups is 2. The molecule has 0 radical (unpaired) electrons. The van der Waals surface area contributed by atoms with Crippen molar-refractivity contribution in [2.45, 2.75) is 53.1 Å². The molecule has 2 aromatic rings. The average Bonchev–Trinajstić information content (AvgIpc) is 2.78. The van der Waals surface area contributed by atoms with Crippen LogP contribution < -0.4 is 10.1 Å². The van der Waals surface area contributed by atoms with Crippen LogP contribution >= 0.6 is 0 Å². The third kappa shape index (κ3) is 4.72. The molecule has 2 N–H and O–H groups in total. The molecule has 0 saturated heterocycles. The van der Waals surface area contributed by atoms with E-state index in [1.807, 2.05) is 44.2 Å². The maximum Gasteiger partial charge on any atom is 0.337 e. The number of hydrogen-bond acceptors (Lipinski definition) is 6. The number of ether oxygens (including phenoxy) is 2. The zero-order valence-corrected chi connectivity index (χ0v) is 20.1. The fourth-order valence-electron chi connectivity index (χ4n) is 4.82. The van der Waals surface area contributed by atoms with E-state index in [1.54, 1.807) is 18.2 Å². The summed E-state index contributed by atoms with van der Waals surface area (Å²) in [6, 6.07) is 14.5. The van der Waals surface area contributed by atoms with Crippen molar-refractivity contribution in [1.82, 2.24) is 5.32 Å². The minimum atomic E-state index is -0.608. The van der Waals surface area contributed by atoms with E-state index < -0.39 is 11.9 Å². The summed E-state index contributed by atoms with van der Waals surface area (Å²) < 4.78 is 11.3. The molecule has 1 aliphatic heterocycles. The van der Waals surface area contributed by atoms with Gasteiger partial charge in [0.1, 0.15) is 6.61 Å². The third-order valence-corrected chi connectivity index (χ3v) is 6.29. The van der Waals surface area contributed by atoms with Crippen molar-refractivity contribution in [3.05, 3.63) is 82.2 Å². The Labute approximate surface area is 200 Å². The van der Waals surface area contributed by atoms with E-state index in [1.165, 1.54) is 0 Å². The molecule has 2 aromatic carbocycles. The molecule has 1 heterocycles. The van der Waals surface area contributed by atoms with E-state index in [9.17, 15) is 14.7 Å². The summed E-state index contributed by atoms with van der Waals surface area (Å²) in [6.45, 7) is 8.33. The Kier molecular flexibility index (Phi) is 6.51. The fraction of sp³-hybridized carbons (Fsp3) is 0.357. The third-order valence-electron chi connectivity index (χ3n) is 6.29. The number of ketones is 1. The Morgan fingerprint density at radius 1 is 1.15 bits per heavy atom. The second-order valence-electron chi connectivity index (χ2n) is 9.65. The molecular formula is C28H31NO5. The Morgan fingerprint density at radius 3 is 2.59 bits per heavy atom. The number of carbonyl (C=O) groups excluding carboxylic acids is 2. The van der Waals surface area contributed by atoms with Crippen molar-refractivity contribution in [2.24, 2.45) is 5.41 Å². The van der Waals surface area contributed by atoms with Gasteiger partial charge in [-0.2, -0.15) is 0 Å². The monoisotopic (exact) mass is 461 g/mol. The lowest BCUT2D eigenvalue weighted by Crippen LogP contribution is -2.38. The second-order valence-corrected chi connectivity index (χ2v) is 9.65. The zero-order chi connectivity index (χ0) is 24.5. The summed E-state index contributed by atoms with van der Waals surface area (Å²) in [5, 5.41) is 13.6. The molecule has 1 atom stereocenters. The van der Waals surface area contributed by atoms with Crippen molar-refractivity contribution in [1.29, 1.82) is 0 Å². The topological polar surface area (TPSA) is 84.9 Å². The minimum Gasteiger partial charge on any atom is -0.504 e. The number of allylic oxidation sites excluding steroid dienone is 3. The van der Waals surface area contributed by atoms with Crippen LogP contribution in [-0.4, -0.2) is 23.5 Å². The van der Waals surface area contributed by atoms with Gasteiger partial charge in [0.05, 0.1) is 12.2 Å². The van der Waals surface area contributed by atoms with Gasteiger partial charge in [0.15, 0.2) is 17.3 Å². The SMILES string of the molecule is CCOc1cc(C2C(C(=O)OCc3ccccc3)=C(C)NC3=C2C(=O)CC(C)(C)C3)ccc1O. The molecule has 0 saturated carbocycles. The van der Waals surface area contributed by atoms with Gasteiger partial charge in [-0.3, -0.25) is 4.79 Å². The Hall–Kier alpha value is -3.54. The molecule has 6 heteroatoms. The first-order valence-corrected chi connectivity index (χ1v) is 11.6. The van der Waals surface area contributed by atoms with Gasteiger partial charge in [-0.05, 0) is 48.9 Å². The summed E-state index contributed by atoms with van der Waals surface area (Å²) in [5.41, 5.74) is 3.90. The largest absolute Gasteiger partial charge is 0.504 e. The molecule has 34 heavy (non-hydrogen) atoms. The lowest BCUT2D eigenvalue weighted by molar-refractivity contribution is -0.140. The van der Waals surface area contributed by atoms with Gasteiger partial charge in [0, 0.05) is 29.3 Å². The molecule has 0 fully saturated rings. The normalized spacial score (nSPS) is 19.4. The number of phenols is 1. The van der Waals surface area contributed by atoms with Crippen molar-refractivity contribution >= 4 is 11.8 Å². The Morgan fingerprint density at radius 2 is 1.88 bits per heavy atom. The number of aromatic hydroxyl groups is 1. The van der Waals surface area contributed by atoms with Crippen LogP contribution in [0.4, 0.5) is 0 Å². The lowest BCUT2D eigenvalue weighted by Gasteiger charge is -2.39. The first kappa shape index (κ1) is 23.6. The van der Waals surface area contributed by atoms with Crippen molar-refractivity contribution in [2.75, 3.05) is 6.61 Å². The van der Waals surface area contributed by atoms with Crippen LogP contribution in [0.2, 0.25) is 0 Å². The van der Waals surface area contributed by atoms with Gasteiger partial charge in [0.25, 0.3) is 0 Å². The number of Topliss-reactive ketones (excluding diaryl/α,β-unsaturated/α-hetero) is 1. The predicted molar refractivity (Wildman–Crippen MR) is 129 cm³/mol. The summed E-state index contributed by atoms with van der Waals surface area (Å²) in [4.78, 5) is 26.8. The van der Waals surface area contributed by atoms with Crippen LogP contribution in [0.1, 0.15) is 57.6 Å². The number of esters is 1. The Balaban J connectivity index is 1.77. The van der Waals surface area contributed by atoms with Gasteiger partial charge in [-0.25, -0.2) is 4.79 Å². The van der Waals surface area contributed by atoms with Crippen LogP contribution in [0.3, 0.4) is 0 Å². The Bertz CT molecular complexity index is 1180. The van der Waals surface area contributed by atoms with Gasteiger partial charge >= 0.3 is 5.97 Å². The van der Waals surface area contributed by atoms with Crippen LogP contribution in [0.25, 0.3) is 0 Å². The van der Waals surface area contributed by atoms with Gasteiger partial charge in [-0.15, -0.1) is 0 Å². The van der Waals surface area contributed by atoms with E-state index in [-0.39, 0.29) is 23.6 Å². The van der Waals surface area contributed by atoms with Gasteiger partial charge < -0.3 is 19.9 Å². The van der Waals surface area contributed by atoms with E-state index in [0.717, 1.165) is 11.3 Å². The highest BCUT2D eigenvalue weighted by Gasteiger charge is 2.43. The quantitative estimate of drug-likeness (QED) is 0.580. The number of hydrogen-bond donors (Lipinski definition) is 2. The molecule has 178 valence electrons. The molecule has 4 rings (SSSR count). The first-order chi connectivity index (χ1) is 16.2. The highest BCUT2D eigenvalue weighted by molar-refractivity contribution is 6.04. The van der Waals surface area contributed by atoms with Gasteiger partial charge in [-0.1, -0.05) is 50.2 Å². The van der Waals surface area contributed by atoms with E-state index >= 15 is 0 Å². The number of rotatable bonds is 6. The van der Waals surface area contributed by atoms with Crippen LogP contribution in [0.5, 0.6) is 11.5 Å². The van der Waals surface area contributed by atoms with Crippen LogP contribution in [0.15, 0.2) is 71.1 Å². The summed E-state index contributed by atoms with van der Waals surface area (Å²) >= 11 is 0. The van der Waals surface area contributed by atoms with Crippen LogP contribution in [-0.2, 0) is 20.9 Å². The highest BCUT2D eigenvalue weighted by Crippen LogP contribution is 2.47. The second kappa shape index (κ2) is 9.37. The highest BCUT2D eigenvalue weighted by atomic mass is 16.5. The molecule has 0 aromatic heterocycles. The maximum absolute atomic E-state index is 13.4.